The predicted octanol–water partition coefficient (Wildman–Crippen LogP) is 1.76. The molecule has 2 heterocycles. The number of fused-ring (bicyclic) bond motifs is 3. The molecule has 0 saturated heterocycles. The number of rotatable bonds is 2. The van der Waals surface area contributed by atoms with Gasteiger partial charge < -0.3 is 4.74 Å². The lowest BCUT2D eigenvalue weighted by Gasteiger charge is -2.16. The van der Waals surface area contributed by atoms with Gasteiger partial charge in [-0.1, -0.05) is 6.07 Å². The number of carbonyl (C=O) groups is 1. The SMILES string of the molecule is CCOC(=O)c1nn(C)c2c1CCc1cccnc1-2. The molecule has 98 valence electrons. The third kappa shape index (κ3) is 1.82. The van der Waals surface area contributed by atoms with Crippen LogP contribution in [0.15, 0.2) is 18.3 Å². The summed E-state index contributed by atoms with van der Waals surface area (Å²) < 4.78 is 6.79. The van der Waals surface area contributed by atoms with E-state index in [1.165, 1.54) is 5.56 Å². The summed E-state index contributed by atoms with van der Waals surface area (Å²) in [6.07, 6.45) is 3.45. The van der Waals surface area contributed by atoms with Crippen molar-refractivity contribution in [3.63, 3.8) is 0 Å². The van der Waals surface area contributed by atoms with Gasteiger partial charge in [0, 0.05) is 18.8 Å². The molecule has 0 atom stereocenters. The summed E-state index contributed by atoms with van der Waals surface area (Å²) >= 11 is 0. The van der Waals surface area contributed by atoms with Gasteiger partial charge in [-0.15, -0.1) is 0 Å². The Bertz CT molecular complexity index is 646. The Labute approximate surface area is 111 Å². The van der Waals surface area contributed by atoms with E-state index in [1.807, 2.05) is 13.1 Å². The Hall–Kier alpha value is -2.17. The van der Waals surface area contributed by atoms with Crippen molar-refractivity contribution in [3.05, 3.63) is 35.2 Å². The number of aryl methyl sites for hydroxylation is 2. The van der Waals surface area contributed by atoms with Crippen LogP contribution >= 0.6 is 0 Å². The van der Waals surface area contributed by atoms with Crippen molar-refractivity contribution >= 4 is 5.97 Å². The molecular formula is C14H15N3O2. The smallest absolute Gasteiger partial charge is 0.359 e. The first-order valence-electron chi connectivity index (χ1n) is 6.39. The molecule has 2 aromatic rings. The van der Waals surface area contributed by atoms with Crippen molar-refractivity contribution in [3.8, 4) is 11.4 Å². The molecule has 1 aliphatic carbocycles. The van der Waals surface area contributed by atoms with Gasteiger partial charge in [0.1, 0.15) is 0 Å². The molecule has 0 N–H and O–H groups in total. The summed E-state index contributed by atoms with van der Waals surface area (Å²) in [5.41, 5.74) is 4.44. The fraction of sp³-hybridized carbons (Fsp3) is 0.357. The van der Waals surface area contributed by atoms with Crippen LogP contribution in [0.2, 0.25) is 0 Å². The van der Waals surface area contributed by atoms with Crippen LogP contribution in [0.5, 0.6) is 0 Å². The van der Waals surface area contributed by atoms with Gasteiger partial charge in [0.15, 0.2) is 5.69 Å². The van der Waals surface area contributed by atoms with Gasteiger partial charge in [0.25, 0.3) is 0 Å². The number of esters is 1. The number of hydrogen-bond donors (Lipinski definition) is 0. The molecule has 19 heavy (non-hydrogen) atoms. The van der Waals surface area contributed by atoms with Gasteiger partial charge in [0.2, 0.25) is 0 Å². The first kappa shape index (κ1) is 11.9. The third-order valence-corrected chi connectivity index (χ3v) is 3.37. The highest BCUT2D eigenvalue weighted by atomic mass is 16.5. The lowest BCUT2D eigenvalue weighted by atomic mass is 9.92. The van der Waals surface area contributed by atoms with E-state index in [0.29, 0.717) is 12.3 Å². The summed E-state index contributed by atoms with van der Waals surface area (Å²) in [5.74, 6) is -0.348. The Morgan fingerprint density at radius 1 is 1.47 bits per heavy atom. The van der Waals surface area contributed by atoms with Gasteiger partial charge in [-0.2, -0.15) is 5.10 Å². The van der Waals surface area contributed by atoms with Crippen LogP contribution in [0.1, 0.15) is 28.5 Å². The van der Waals surface area contributed by atoms with Crippen LogP contribution in [0.25, 0.3) is 11.4 Å². The van der Waals surface area contributed by atoms with E-state index in [9.17, 15) is 4.79 Å². The minimum atomic E-state index is -0.348. The van der Waals surface area contributed by atoms with Crippen LogP contribution in [0.3, 0.4) is 0 Å². The average Bonchev–Trinajstić information content (AvgIpc) is 2.77. The number of aromatic nitrogens is 3. The standard InChI is InChI=1S/C14H15N3O2/c1-3-19-14(18)12-10-7-6-9-5-4-8-15-11(9)13(10)17(2)16-12/h4-5,8H,3,6-7H2,1-2H3. The monoisotopic (exact) mass is 257 g/mol. The highest BCUT2D eigenvalue weighted by Crippen LogP contribution is 2.33. The largest absolute Gasteiger partial charge is 0.461 e. The van der Waals surface area contributed by atoms with Crippen molar-refractivity contribution in [2.75, 3.05) is 6.61 Å². The van der Waals surface area contributed by atoms with Crippen LogP contribution in [-0.4, -0.2) is 27.3 Å². The van der Waals surface area contributed by atoms with Crippen molar-refractivity contribution in [1.29, 1.82) is 0 Å². The highest BCUT2D eigenvalue weighted by molar-refractivity contribution is 5.91. The van der Waals surface area contributed by atoms with Gasteiger partial charge in [0.05, 0.1) is 18.0 Å². The Kier molecular flexibility index (Phi) is 2.81. The number of pyridine rings is 1. The maximum atomic E-state index is 11.9. The Morgan fingerprint density at radius 2 is 2.32 bits per heavy atom. The van der Waals surface area contributed by atoms with E-state index in [0.717, 1.165) is 29.8 Å². The molecule has 0 unspecified atom stereocenters. The fourth-order valence-corrected chi connectivity index (χ4v) is 2.58. The molecular weight excluding hydrogens is 242 g/mol. The van der Waals surface area contributed by atoms with Crippen molar-refractivity contribution in [2.24, 2.45) is 7.05 Å². The van der Waals surface area contributed by atoms with Gasteiger partial charge in [-0.05, 0) is 31.4 Å². The molecule has 0 aromatic carbocycles. The van der Waals surface area contributed by atoms with Crippen LogP contribution in [0.4, 0.5) is 0 Å². The normalized spacial score (nSPS) is 12.7. The molecule has 5 heteroatoms. The van der Waals surface area contributed by atoms with E-state index in [-0.39, 0.29) is 5.97 Å². The Morgan fingerprint density at radius 3 is 3.11 bits per heavy atom. The second-order valence-corrected chi connectivity index (χ2v) is 4.53. The topological polar surface area (TPSA) is 57.0 Å². The zero-order chi connectivity index (χ0) is 13.4. The van der Waals surface area contributed by atoms with Crippen LogP contribution in [0, 0.1) is 0 Å². The van der Waals surface area contributed by atoms with E-state index >= 15 is 0 Å². The number of nitrogens with zero attached hydrogens (tertiary/aromatic N) is 3. The first-order valence-corrected chi connectivity index (χ1v) is 6.39. The number of carbonyl (C=O) groups excluding carboxylic acids is 1. The molecule has 0 radical (unpaired) electrons. The van der Waals surface area contributed by atoms with E-state index < -0.39 is 0 Å². The maximum absolute atomic E-state index is 11.9. The van der Waals surface area contributed by atoms with Crippen LogP contribution < -0.4 is 0 Å². The molecule has 1 aliphatic rings. The Balaban J connectivity index is 2.15. The number of ether oxygens (including phenoxy) is 1. The van der Waals surface area contributed by atoms with Gasteiger partial charge >= 0.3 is 5.97 Å². The molecule has 0 spiro atoms. The highest BCUT2D eigenvalue weighted by Gasteiger charge is 2.28. The molecule has 0 amide bonds. The minimum absolute atomic E-state index is 0.348. The molecule has 3 rings (SSSR count). The summed E-state index contributed by atoms with van der Waals surface area (Å²) in [6, 6.07) is 4.01. The summed E-state index contributed by atoms with van der Waals surface area (Å²) in [7, 11) is 1.84. The summed E-state index contributed by atoms with van der Waals surface area (Å²) in [4.78, 5) is 16.4. The second kappa shape index (κ2) is 4.50. The van der Waals surface area contributed by atoms with Crippen LogP contribution in [-0.2, 0) is 24.6 Å². The van der Waals surface area contributed by atoms with E-state index in [1.54, 1.807) is 17.8 Å². The second-order valence-electron chi connectivity index (χ2n) is 4.53. The predicted molar refractivity (Wildman–Crippen MR) is 69.8 cm³/mol. The van der Waals surface area contributed by atoms with Gasteiger partial charge in [-0.25, -0.2) is 4.79 Å². The quantitative estimate of drug-likeness (QED) is 0.769. The summed E-state index contributed by atoms with van der Waals surface area (Å²) in [5, 5.41) is 4.31. The minimum Gasteiger partial charge on any atom is -0.461 e. The molecule has 2 aromatic heterocycles. The molecule has 5 nitrogen and oxygen atoms in total. The van der Waals surface area contributed by atoms with Crippen molar-refractivity contribution in [1.82, 2.24) is 14.8 Å². The fourth-order valence-electron chi connectivity index (χ4n) is 2.58. The number of hydrogen-bond acceptors (Lipinski definition) is 4. The molecule has 0 saturated carbocycles. The first-order chi connectivity index (χ1) is 9.22. The van der Waals surface area contributed by atoms with Crippen molar-refractivity contribution < 1.29 is 9.53 Å². The average molecular weight is 257 g/mol. The lowest BCUT2D eigenvalue weighted by Crippen LogP contribution is -2.11. The zero-order valence-electron chi connectivity index (χ0n) is 11.0. The van der Waals surface area contributed by atoms with E-state index in [2.05, 4.69) is 16.1 Å². The molecule has 0 bridgehead atoms. The molecule has 0 fully saturated rings. The zero-order valence-corrected chi connectivity index (χ0v) is 11.0. The third-order valence-electron chi connectivity index (χ3n) is 3.37. The van der Waals surface area contributed by atoms with E-state index in [4.69, 9.17) is 4.74 Å². The summed E-state index contributed by atoms with van der Waals surface area (Å²) in [6.45, 7) is 2.16. The maximum Gasteiger partial charge on any atom is 0.359 e. The van der Waals surface area contributed by atoms with Crippen molar-refractivity contribution in [2.45, 2.75) is 19.8 Å². The van der Waals surface area contributed by atoms with Gasteiger partial charge in [-0.3, -0.25) is 9.67 Å². The lowest BCUT2D eigenvalue weighted by molar-refractivity contribution is 0.0517. The molecule has 0 aliphatic heterocycles.